The summed E-state index contributed by atoms with van der Waals surface area (Å²) in [7, 11) is 0. The summed E-state index contributed by atoms with van der Waals surface area (Å²) in [6, 6.07) is 5.74. The minimum Gasteiger partial charge on any atom is -0.428 e. The molecule has 1 aromatic heterocycles. The van der Waals surface area contributed by atoms with Crippen LogP contribution in [-0.2, 0) is 0 Å². The first-order valence-corrected chi connectivity index (χ1v) is 3.67. The maximum Gasteiger partial charge on any atom is 0.293 e. The molecule has 0 spiro atoms. The Morgan fingerprint density at radius 1 is 1.45 bits per heavy atom. The average Bonchev–Trinajstić information content (AvgIpc) is 2.31. The van der Waals surface area contributed by atoms with E-state index in [0.717, 1.165) is 16.7 Å². The van der Waals surface area contributed by atoms with E-state index in [4.69, 9.17) is 16.0 Å². The van der Waals surface area contributed by atoms with Gasteiger partial charge in [-0.25, -0.2) is 0 Å². The smallest absolute Gasteiger partial charge is 0.293 e. The highest BCUT2D eigenvalue weighted by Gasteiger charge is 2.03. The van der Waals surface area contributed by atoms with Crippen LogP contribution in [-0.4, -0.2) is 4.98 Å². The molecule has 0 unspecified atom stereocenters. The van der Waals surface area contributed by atoms with E-state index >= 15 is 0 Å². The van der Waals surface area contributed by atoms with E-state index in [2.05, 4.69) is 4.98 Å². The van der Waals surface area contributed by atoms with Crippen molar-refractivity contribution in [3.63, 3.8) is 0 Å². The molecule has 0 aliphatic carbocycles. The summed E-state index contributed by atoms with van der Waals surface area (Å²) in [5.74, 6) is 0. The highest BCUT2D eigenvalue weighted by molar-refractivity contribution is 6.28. The van der Waals surface area contributed by atoms with Gasteiger partial charge in [-0.2, -0.15) is 4.98 Å². The van der Waals surface area contributed by atoms with Crippen molar-refractivity contribution in [3.05, 3.63) is 29.1 Å². The van der Waals surface area contributed by atoms with Crippen LogP contribution in [0.5, 0.6) is 0 Å². The van der Waals surface area contributed by atoms with Crippen LogP contribution in [0.15, 0.2) is 22.6 Å². The van der Waals surface area contributed by atoms with Gasteiger partial charge in [-0.05, 0) is 30.2 Å². The molecule has 3 heteroatoms. The minimum absolute atomic E-state index is 0.203. The van der Waals surface area contributed by atoms with Crippen molar-refractivity contribution < 1.29 is 4.42 Å². The highest BCUT2D eigenvalue weighted by Crippen LogP contribution is 2.20. The number of para-hydroxylation sites is 1. The van der Waals surface area contributed by atoms with Crippen LogP contribution in [0.25, 0.3) is 11.1 Å². The number of aryl methyl sites for hydroxylation is 1. The zero-order valence-electron chi connectivity index (χ0n) is 5.97. The second-order valence-corrected chi connectivity index (χ2v) is 2.71. The number of hydrogen-bond donors (Lipinski definition) is 0. The maximum atomic E-state index is 5.58. The van der Waals surface area contributed by atoms with E-state index in [1.54, 1.807) is 0 Å². The first-order chi connectivity index (χ1) is 5.27. The van der Waals surface area contributed by atoms with Crippen LogP contribution < -0.4 is 0 Å². The van der Waals surface area contributed by atoms with Crippen molar-refractivity contribution in [2.45, 2.75) is 6.92 Å². The van der Waals surface area contributed by atoms with Crippen LogP contribution in [0.2, 0.25) is 5.35 Å². The molecule has 0 saturated heterocycles. The molecule has 2 rings (SSSR count). The molecule has 0 aliphatic heterocycles. The van der Waals surface area contributed by atoms with Crippen molar-refractivity contribution in [1.29, 1.82) is 0 Å². The van der Waals surface area contributed by atoms with E-state index < -0.39 is 0 Å². The summed E-state index contributed by atoms with van der Waals surface area (Å²) in [5.41, 5.74) is 2.67. The van der Waals surface area contributed by atoms with Gasteiger partial charge in [-0.1, -0.05) is 12.1 Å². The lowest BCUT2D eigenvalue weighted by molar-refractivity contribution is 0.604. The topological polar surface area (TPSA) is 26.0 Å². The predicted octanol–water partition coefficient (Wildman–Crippen LogP) is 2.79. The standard InChI is InChI=1S/C8H6ClNO/c1-5-3-2-4-6-7(5)10-8(9)11-6/h2-4H,1H3. The molecular weight excluding hydrogens is 162 g/mol. The Morgan fingerprint density at radius 3 is 3.00 bits per heavy atom. The SMILES string of the molecule is Cc1cccc2oc(Cl)nc12. The van der Waals surface area contributed by atoms with Gasteiger partial charge < -0.3 is 4.42 Å². The van der Waals surface area contributed by atoms with Gasteiger partial charge >= 0.3 is 0 Å². The Kier molecular flexibility index (Phi) is 1.36. The molecule has 0 radical (unpaired) electrons. The summed E-state index contributed by atoms with van der Waals surface area (Å²) in [6.45, 7) is 1.97. The number of aromatic nitrogens is 1. The van der Waals surface area contributed by atoms with Crippen LogP contribution in [0.3, 0.4) is 0 Å². The Balaban J connectivity index is 2.90. The zero-order chi connectivity index (χ0) is 7.84. The molecule has 0 N–H and O–H groups in total. The Labute approximate surface area is 68.8 Å². The summed E-state index contributed by atoms with van der Waals surface area (Å²) in [5, 5.41) is 0.203. The lowest BCUT2D eigenvalue weighted by Gasteiger charge is -1.88. The monoisotopic (exact) mass is 167 g/mol. The number of hydrogen-bond acceptors (Lipinski definition) is 2. The minimum atomic E-state index is 0.203. The molecule has 11 heavy (non-hydrogen) atoms. The third kappa shape index (κ3) is 0.994. The van der Waals surface area contributed by atoms with E-state index in [9.17, 15) is 0 Å². The highest BCUT2D eigenvalue weighted by atomic mass is 35.5. The van der Waals surface area contributed by atoms with Gasteiger partial charge in [0.05, 0.1) is 0 Å². The van der Waals surface area contributed by atoms with Crippen molar-refractivity contribution >= 4 is 22.7 Å². The normalized spacial score (nSPS) is 10.7. The van der Waals surface area contributed by atoms with Gasteiger partial charge in [0.15, 0.2) is 5.58 Å². The Hall–Kier alpha value is -1.02. The fourth-order valence-corrected chi connectivity index (χ4v) is 1.23. The van der Waals surface area contributed by atoms with Crippen molar-refractivity contribution in [2.75, 3.05) is 0 Å². The largest absolute Gasteiger partial charge is 0.428 e. The third-order valence-corrected chi connectivity index (χ3v) is 1.76. The average molecular weight is 168 g/mol. The number of benzene rings is 1. The molecule has 0 atom stereocenters. The molecule has 1 aromatic carbocycles. The Bertz CT molecular complexity index is 394. The van der Waals surface area contributed by atoms with Gasteiger partial charge in [-0.3, -0.25) is 0 Å². The molecule has 56 valence electrons. The zero-order valence-corrected chi connectivity index (χ0v) is 6.72. The number of oxazole rings is 1. The molecule has 2 nitrogen and oxygen atoms in total. The molecule has 0 bridgehead atoms. The summed E-state index contributed by atoms with van der Waals surface area (Å²) >= 11 is 5.58. The van der Waals surface area contributed by atoms with Crippen molar-refractivity contribution in [1.82, 2.24) is 4.98 Å². The fourth-order valence-electron chi connectivity index (χ4n) is 1.06. The van der Waals surface area contributed by atoms with E-state index in [1.807, 2.05) is 25.1 Å². The summed E-state index contributed by atoms with van der Waals surface area (Å²) in [4.78, 5) is 4.01. The van der Waals surface area contributed by atoms with Crippen molar-refractivity contribution in [2.24, 2.45) is 0 Å². The quantitative estimate of drug-likeness (QED) is 0.603. The van der Waals surface area contributed by atoms with Crippen molar-refractivity contribution in [3.8, 4) is 0 Å². The summed E-state index contributed by atoms with van der Waals surface area (Å²) < 4.78 is 5.10. The molecule has 0 aliphatic rings. The van der Waals surface area contributed by atoms with Crippen LogP contribution in [0, 0.1) is 6.92 Å². The first-order valence-electron chi connectivity index (χ1n) is 3.29. The third-order valence-electron chi connectivity index (χ3n) is 1.59. The van der Waals surface area contributed by atoms with Gasteiger partial charge in [-0.15, -0.1) is 0 Å². The predicted molar refractivity (Wildman–Crippen MR) is 43.8 cm³/mol. The van der Waals surface area contributed by atoms with Gasteiger partial charge in [0, 0.05) is 0 Å². The van der Waals surface area contributed by atoms with Crippen LogP contribution >= 0.6 is 11.6 Å². The Morgan fingerprint density at radius 2 is 2.27 bits per heavy atom. The lowest BCUT2D eigenvalue weighted by Crippen LogP contribution is -1.73. The molecule has 1 heterocycles. The number of halogens is 1. The second-order valence-electron chi connectivity index (χ2n) is 2.39. The molecular formula is C8H6ClNO. The second kappa shape index (κ2) is 2.24. The number of fused-ring (bicyclic) bond motifs is 1. The first kappa shape index (κ1) is 6.68. The van der Waals surface area contributed by atoms with Gasteiger partial charge in [0.1, 0.15) is 5.52 Å². The molecule has 0 saturated carbocycles. The molecule has 2 aromatic rings. The van der Waals surface area contributed by atoms with E-state index in [1.165, 1.54) is 0 Å². The number of rotatable bonds is 0. The van der Waals surface area contributed by atoms with E-state index in [0.29, 0.717) is 0 Å². The lowest BCUT2D eigenvalue weighted by atomic mass is 10.2. The van der Waals surface area contributed by atoms with Gasteiger partial charge in [0.25, 0.3) is 5.35 Å². The summed E-state index contributed by atoms with van der Waals surface area (Å²) in [6.07, 6.45) is 0. The number of nitrogens with zero attached hydrogens (tertiary/aromatic N) is 1. The van der Waals surface area contributed by atoms with E-state index in [-0.39, 0.29) is 5.35 Å². The molecule has 0 fully saturated rings. The van der Waals surface area contributed by atoms with Gasteiger partial charge in [0.2, 0.25) is 0 Å². The van der Waals surface area contributed by atoms with Crippen LogP contribution in [0.4, 0.5) is 0 Å². The fraction of sp³-hybridized carbons (Fsp3) is 0.125. The maximum absolute atomic E-state index is 5.58. The van der Waals surface area contributed by atoms with Crippen LogP contribution in [0.1, 0.15) is 5.56 Å². The molecule has 0 amide bonds.